The molecule has 3 unspecified atom stereocenters. The number of aliphatic hydroxyl groups is 1. The van der Waals surface area contributed by atoms with E-state index in [2.05, 4.69) is 19.2 Å². The lowest BCUT2D eigenvalue weighted by Crippen LogP contribution is -2.46. The van der Waals surface area contributed by atoms with Crippen molar-refractivity contribution in [2.24, 2.45) is 0 Å². The van der Waals surface area contributed by atoms with Gasteiger partial charge in [0.05, 0.1) is 39.9 Å². The van der Waals surface area contributed by atoms with E-state index in [-0.39, 0.29) is 19.1 Å². The second kappa shape index (κ2) is 49.5. The van der Waals surface area contributed by atoms with E-state index in [4.69, 9.17) is 9.05 Å². The fourth-order valence-corrected chi connectivity index (χ4v) is 9.96. The van der Waals surface area contributed by atoms with Gasteiger partial charge in [0.1, 0.15) is 13.2 Å². The molecule has 66 heavy (non-hydrogen) atoms. The molecule has 3 N–H and O–H groups in total. The molecule has 1 amide bonds. The number of unbranched alkanes of at least 4 members (excludes halogenated alkanes) is 42. The molecule has 0 saturated carbocycles. The van der Waals surface area contributed by atoms with Gasteiger partial charge in [-0.05, 0) is 12.8 Å². The number of quaternary nitrogens is 1. The predicted octanol–water partition coefficient (Wildman–Crippen LogP) is 17.7. The van der Waals surface area contributed by atoms with Crippen LogP contribution in [0, 0.1) is 0 Å². The van der Waals surface area contributed by atoms with E-state index in [9.17, 15) is 19.4 Å². The fourth-order valence-electron chi connectivity index (χ4n) is 9.23. The van der Waals surface area contributed by atoms with Crippen LogP contribution in [0.4, 0.5) is 0 Å². The molecule has 3 atom stereocenters. The van der Waals surface area contributed by atoms with Crippen molar-refractivity contribution in [1.29, 1.82) is 0 Å². The summed E-state index contributed by atoms with van der Waals surface area (Å²) in [5.41, 5.74) is 0. The molecule has 0 aromatic heterocycles. The summed E-state index contributed by atoms with van der Waals surface area (Å²) in [7, 11) is 1.64. The lowest BCUT2D eigenvalue weighted by atomic mass is 10.0. The average molecular weight is 959 g/mol. The monoisotopic (exact) mass is 958 g/mol. The minimum atomic E-state index is -4.32. The maximum atomic E-state index is 13.0. The SMILES string of the molecule is CCCCCCCCCCCCCCCCCCCCCCCCCCCC(=O)NC(COP(=O)(O)OCC[N+](C)(C)C)C(O)CCCCCCCCCCCCCCCCCCCCC. The molecule has 396 valence electrons. The van der Waals surface area contributed by atoms with Crippen molar-refractivity contribution in [3.8, 4) is 0 Å². The van der Waals surface area contributed by atoms with Crippen LogP contribution >= 0.6 is 7.82 Å². The van der Waals surface area contributed by atoms with E-state index in [1.807, 2.05) is 21.1 Å². The first kappa shape index (κ1) is 65.5. The van der Waals surface area contributed by atoms with Crippen molar-refractivity contribution < 1.29 is 32.9 Å². The second-order valence-electron chi connectivity index (χ2n) is 21.7. The summed E-state index contributed by atoms with van der Waals surface area (Å²) in [5.74, 6) is -0.136. The molecule has 0 radical (unpaired) electrons. The van der Waals surface area contributed by atoms with Crippen LogP contribution in [0.2, 0.25) is 0 Å². The second-order valence-corrected chi connectivity index (χ2v) is 23.2. The van der Waals surface area contributed by atoms with Gasteiger partial charge in [-0.2, -0.15) is 0 Å². The molecule has 0 aromatic rings. The highest BCUT2D eigenvalue weighted by atomic mass is 31.2. The fraction of sp³-hybridized carbons (Fsp3) is 0.982. The summed E-state index contributed by atoms with van der Waals surface area (Å²) in [6.07, 6.45) is 58.7. The number of hydrogen-bond acceptors (Lipinski definition) is 5. The molecular formula is C57H118N2O6P+. The number of aliphatic hydroxyl groups excluding tert-OH is 1. The zero-order valence-corrected chi connectivity index (χ0v) is 46.1. The third kappa shape index (κ3) is 51.4. The maximum absolute atomic E-state index is 13.0. The molecule has 0 saturated heterocycles. The van der Waals surface area contributed by atoms with Gasteiger partial charge in [-0.15, -0.1) is 0 Å². The number of phosphoric ester groups is 1. The summed E-state index contributed by atoms with van der Waals surface area (Å²) in [6.45, 7) is 4.95. The topological polar surface area (TPSA) is 105 Å². The molecular weight excluding hydrogens is 840 g/mol. The summed E-state index contributed by atoms with van der Waals surface area (Å²) >= 11 is 0. The Labute approximate surface area is 412 Å². The number of hydrogen-bond donors (Lipinski definition) is 3. The first-order valence-corrected chi connectivity index (χ1v) is 30.9. The molecule has 9 heteroatoms. The predicted molar refractivity (Wildman–Crippen MR) is 286 cm³/mol. The minimum absolute atomic E-state index is 0.0792. The lowest BCUT2D eigenvalue weighted by Gasteiger charge is -2.26. The van der Waals surface area contributed by atoms with Crippen LogP contribution in [0.15, 0.2) is 0 Å². The van der Waals surface area contributed by atoms with Crippen molar-refractivity contribution in [3.05, 3.63) is 0 Å². The van der Waals surface area contributed by atoms with Crippen LogP contribution in [0.1, 0.15) is 309 Å². The van der Waals surface area contributed by atoms with Crippen LogP contribution in [0.25, 0.3) is 0 Å². The van der Waals surface area contributed by atoms with Crippen molar-refractivity contribution in [3.63, 3.8) is 0 Å². The first-order chi connectivity index (χ1) is 32.0. The highest BCUT2D eigenvalue weighted by Gasteiger charge is 2.28. The van der Waals surface area contributed by atoms with E-state index in [1.54, 1.807) is 0 Å². The number of likely N-dealkylation sites (N-methyl/N-ethyl adjacent to an activating group) is 1. The lowest BCUT2D eigenvalue weighted by molar-refractivity contribution is -0.870. The molecule has 0 rings (SSSR count). The van der Waals surface area contributed by atoms with Gasteiger partial charge in [0.15, 0.2) is 0 Å². The Kier molecular flexibility index (Phi) is 49.1. The van der Waals surface area contributed by atoms with E-state index in [0.29, 0.717) is 23.9 Å². The van der Waals surface area contributed by atoms with Crippen LogP contribution in [-0.4, -0.2) is 73.4 Å². The number of carbonyl (C=O) groups excluding carboxylic acids is 1. The van der Waals surface area contributed by atoms with Gasteiger partial charge in [-0.1, -0.05) is 290 Å². The van der Waals surface area contributed by atoms with Gasteiger partial charge in [-0.25, -0.2) is 4.57 Å². The van der Waals surface area contributed by atoms with Gasteiger partial charge in [0, 0.05) is 6.42 Å². The maximum Gasteiger partial charge on any atom is 0.472 e. The van der Waals surface area contributed by atoms with Crippen molar-refractivity contribution >= 4 is 13.7 Å². The Morgan fingerprint density at radius 2 is 0.727 bits per heavy atom. The number of nitrogens with one attached hydrogen (secondary N) is 1. The van der Waals surface area contributed by atoms with E-state index in [1.165, 1.54) is 244 Å². The highest BCUT2D eigenvalue weighted by molar-refractivity contribution is 7.47. The standard InChI is InChI=1S/C57H117N2O6P/c1-6-8-10-12-14-16-18-20-22-24-26-27-28-29-30-31-33-35-37-39-41-43-45-47-49-51-57(61)58-55(54-65-66(62,63)64-53-52-59(3,4)5)56(60)50-48-46-44-42-40-38-36-34-32-25-23-21-19-17-15-13-11-9-7-2/h55-56,60H,6-54H2,1-5H3,(H-,58,61,62,63)/p+1. The number of rotatable bonds is 55. The van der Waals surface area contributed by atoms with Crippen molar-refractivity contribution in [2.75, 3.05) is 40.9 Å². The Morgan fingerprint density at radius 3 is 1.02 bits per heavy atom. The first-order valence-electron chi connectivity index (χ1n) is 29.4. The third-order valence-electron chi connectivity index (χ3n) is 13.9. The van der Waals surface area contributed by atoms with Crippen LogP contribution < -0.4 is 5.32 Å². The highest BCUT2D eigenvalue weighted by Crippen LogP contribution is 2.43. The smallest absolute Gasteiger partial charge is 0.391 e. The summed E-state index contributed by atoms with van der Waals surface area (Å²) in [4.78, 5) is 23.3. The Morgan fingerprint density at radius 1 is 0.455 bits per heavy atom. The number of phosphoric acid groups is 1. The molecule has 0 spiro atoms. The minimum Gasteiger partial charge on any atom is -0.391 e. The van der Waals surface area contributed by atoms with E-state index >= 15 is 0 Å². The molecule has 0 aliphatic heterocycles. The van der Waals surface area contributed by atoms with Gasteiger partial charge >= 0.3 is 7.82 Å². The van der Waals surface area contributed by atoms with Gasteiger partial charge in [0.2, 0.25) is 5.91 Å². The number of carbonyl (C=O) groups is 1. The number of amides is 1. The molecule has 0 bridgehead atoms. The zero-order valence-electron chi connectivity index (χ0n) is 45.2. The summed E-state index contributed by atoms with van der Waals surface area (Å²) in [5, 5.41) is 14.1. The Bertz CT molecular complexity index is 1040. The molecule has 0 aromatic carbocycles. The summed E-state index contributed by atoms with van der Waals surface area (Å²) < 4.78 is 23.8. The van der Waals surface area contributed by atoms with Crippen molar-refractivity contribution in [2.45, 2.75) is 321 Å². The average Bonchev–Trinajstić information content (AvgIpc) is 3.28. The van der Waals surface area contributed by atoms with Crippen LogP contribution in [0.3, 0.4) is 0 Å². The molecule has 0 aliphatic rings. The largest absolute Gasteiger partial charge is 0.472 e. The molecule has 0 heterocycles. The summed E-state index contributed by atoms with van der Waals surface area (Å²) in [6, 6.07) is -0.755. The Balaban J connectivity index is 4.10. The van der Waals surface area contributed by atoms with Gasteiger partial charge in [-0.3, -0.25) is 13.8 Å². The molecule has 0 aliphatic carbocycles. The molecule has 8 nitrogen and oxygen atoms in total. The Hall–Kier alpha value is -0.500. The van der Waals surface area contributed by atoms with Gasteiger partial charge < -0.3 is 19.8 Å². The quantitative estimate of drug-likeness (QED) is 0.0319. The zero-order chi connectivity index (χ0) is 48.5. The van der Waals surface area contributed by atoms with Crippen LogP contribution in [0.5, 0.6) is 0 Å². The van der Waals surface area contributed by atoms with Gasteiger partial charge in [0.25, 0.3) is 0 Å². The molecule has 0 fully saturated rings. The third-order valence-corrected chi connectivity index (χ3v) is 14.8. The van der Waals surface area contributed by atoms with Crippen molar-refractivity contribution in [1.82, 2.24) is 5.32 Å². The van der Waals surface area contributed by atoms with E-state index < -0.39 is 20.0 Å². The van der Waals surface area contributed by atoms with Crippen LogP contribution in [-0.2, 0) is 18.4 Å². The van der Waals surface area contributed by atoms with E-state index in [0.717, 1.165) is 38.5 Å². The number of nitrogens with zero attached hydrogens (tertiary/aromatic N) is 1. The normalized spacial score (nSPS) is 13.9.